The van der Waals surface area contributed by atoms with Crippen molar-refractivity contribution in [2.75, 3.05) is 25.6 Å². The van der Waals surface area contributed by atoms with E-state index in [4.69, 9.17) is 16.3 Å². The first kappa shape index (κ1) is 22.4. The van der Waals surface area contributed by atoms with Gasteiger partial charge in [-0.1, -0.05) is 41.9 Å². The van der Waals surface area contributed by atoms with Crippen LogP contribution in [0.4, 0.5) is 18.9 Å². The molecule has 2 amide bonds. The Hall–Kier alpha value is -2.84. The first-order valence-corrected chi connectivity index (χ1v) is 8.82. The number of ether oxygens (including phenoxy) is 1. The van der Waals surface area contributed by atoms with Crippen LogP contribution in [0, 0.1) is 0 Å². The summed E-state index contributed by atoms with van der Waals surface area (Å²) in [5, 5.41) is 4.96. The van der Waals surface area contributed by atoms with E-state index >= 15 is 0 Å². The average molecular weight is 427 g/mol. The smallest absolute Gasteiger partial charge is 0.383 e. The molecule has 9 heteroatoms. The van der Waals surface area contributed by atoms with Crippen LogP contribution in [0.25, 0.3) is 5.57 Å². The highest BCUT2D eigenvalue weighted by Gasteiger charge is 2.35. The van der Waals surface area contributed by atoms with Crippen molar-refractivity contribution in [1.82, 2.24) is 5.32 Å². The zero-order valence-electron chi connectivity index (χ0n) is 15.3. The molecule has 0 fully saturated rings. The number of rotatable bonds is 7. The fraction of sp³-hybridized carbons (Fsp3) is 0.200. The van der Waals surface area contributed by atoms with Gasteiger partial charge in [-0.15, -0.1) is 0 Å². The number of hydrogen-bond donors (Lipinski definition) is 2. The second kappa shape index (κ2) is 10.1. The maximum atomic E-state index is 13.3. The van der Waals surface area contributed by atoms with E-state index in [1.54, 1.807) is 6.07 Å². The molecule has 0 bridgehead atoms. The summed E-state index contributed by atoms with van der Waals surface area (Å²) in [5.74, 6) is -1.41. The predicted molar refractivity (Wildman–Crippen MR) is 105 cm³/mol. The number of carbonyl (C=O) groups excluding carboxylic acids is 2. The second-order valence-corrected chi connectivity index (χ2v) is 6.26. The number of halogens is 4. The molecular weight excluding hydrogens is 409 g/mol. The lowest BCUT2D eigenvalue weighted by atomic mass is 10.1. The molecule has 0 spiro atoms. The monoisotopic (exact) mass is 426 g/mol. The fourth-order valence-electron chi connectivity index (χ4n) is 2.39. The van der Waals surface area contributed by atoms with Crippen molar-refractivity contribution >= 4 is 34.7 Å². The van der Waals surface area contributed by atoms with Gasteiger partial charge in [0.25, 0.3) is 5.91 Å². The lowest BCUT2D eigenvalue weighted by Crippen LogP contribution is -2.27. The zero-order valence-corrected chi connectivity index (χ0v) is 16.1. The van der Waals surface area contributed by atoms with Gasteiger partial charge in [0.05, 0.1) is 22.8 Å². The van der Waals surface area contributed by atoms with E-state index in [1.807, 2.05) is 0 Å². The second-order valence-electron chi connectivity index (χ2n) is 5.85. The molecule has 0 aliphatic carbocycles. The van der Waals surface area contributed by atoms with Gasteiger partial charge < -0.3 is 15.4 Å². The van der Waals surface area contributed by atoms with Crippen LogP contribution in [-0.4, -0.2) is 38.3 Å². The van der Waals surface area contributed by atoms with Crippen LogP contribution in [0.3, 0.4) is 0 Å². The number of allylic oxidation sites excluding steroid dienone is 1. The van der Waals surface area contributed by atoms with E-state index < -0.39 is 23.6 Å². The first-order chi connectivity index (χ1) is 13.7. The molecule has 2 N–H and O–H groups in total. The first-order valence-electron chi connectivity index (χ1n) is 8.44. The molecule has 0 aromatic heterocycles. The van der Waals surface area contributed by atoms with E-state index in [0.29, 0.717) is 12.7 Å². The Morgan fingerprint density at radius 3 is 2.41 bits per heavy atom. The highest BCUT2D eigenvalue weighted by atomic mass is 35.5. The van der Waals surface area contributed by atoms with Crippen LogP contribution < -0.4 is 10.6 Å². The molecule has 0 saturated heterocycles. The molecule has 2 rings (SSSR count). The summed E-state index contributed by atoms with van der Waals surface area (Å²) in [6, 6.07) is 11.0. The SMILES string of the molecule is COCCNC(=O)c1ccc(NC(=O)/C=C(/c2ccccc2)C(F)(F)F)cc1Cl. The molecule has 0 unspecified atom stereocenters. The van der Waals surface area contributed by atoms with Crippen LogP contribution in [-0.2, 0) is 9.53 Å². The van der Waals surface area contributed by atoms with E-state index in [-0.39, 0.29) is 28.4 Å². The van der Waals surface area contributed by atoms with Crippen molar-refractivity contribution in [2.24, 2.45) is 0 Å². The molecule has 2 aromatic carbocycles. The lowest BCUT2D eigenvalue weighted by molar-refractivity contribution is -0.112. The molecule has 29 heavy (non-hydrogen) atoms. The Labute approximate surface area is 170 Å². The molecule has 0 aliphatic heterocycles. The van der Waals surface area contributed by atoms with Gasteiger partial charge in [-0.25, -0.2) is 0 Å². The quantitative estimate of drug-likeness (QED) is 0.512. The fourth-order valence-corrected chi connectivity index (χ4v) is 2.66. The van der Waals surface area contributed by atoms with Crippen molar-refractivity contribution in [3.63, 3.8) is 0 Å². The van der Waals surface area contributed by atoms with Gasteiger partial charge in [-0.05, 0) is 23.8 Å². The highest BCUT2D eigenvalue weighted by Crippen LogP contribution is 2.33. The molecule has 0 aliphatic rings. The Morgan fingerprint density at radius 2 is 1.83 bits per heavy atom. The number of anilines is 1. The van der Waals surface area contributed by atoms with Crippen molar-refractivity contribution in [3.05, 3.63) is 70.8 Å². The summed E-state index contributed by atoms with van der Waals surface area (Å²) >= 11 is 6.06. The maximum Gasteiger partial charge on any atom is 0.417 e. The summed E-state index contributed by atoms with van der Waals surface area (Å²) in [7, 11) is 1.49. The normalized spacial score (nSPS) is 11.8. The third-order valence-electron chi connectivity index (χ3n) is 3.74. The van der Waals surface area contributed by atoms with Crippen LogP contribution in [0.1, 0.15) is 15.9 Å². The van der Waals surface area contributed by atoms with Crippen LogP contribution in [0.2, 0.25) is 5.02 Å². The van der Waals surface area contributed by atoms with Gasteiger partial charge in [-0.2, -0.15) is 13.2 Å². The van der Waals surface area contributed by atoms with Gasteiger partial charge in [0.2, 0.25) is 5.91 Å². The molecule has 154 valence electrons. The van der Waals surface area contributed by atoms with Crippen molar-refractivity contribution in [2.45, 2.75) is 6.18 Å². The molecular formula is C20H18ClF3N2O3. The summed E-state index contributed by atoms with van der Waals surface area (Å²) in [5.41, 5.74) is -0.886. The number of nitrogens with one attached hydrogen (secondary N) is 2. The number of alkyl halides is 3. The minimum atomic E-state index is -4.71. The van der Waals surface area contributed by atoms with Gasteiger partial charge in [0, 0.05) is 25.4 Å². The number of carbonyl (C=O) groups is 2. The van der Waals surface area contributed by atoms with Gasteiger partial charge >= 0.3 is 6.18 Å². The predicted octanol–water partition coefficient (Wildman–Crippen LogP) is 4.30. The van der Waals surface area contributed by atoms with E-state index in [2.05, 4.69) is 10.6 Å². The van der Waals surface area contributed by atoms with Gasteiger partial charge in [0.15, 0.2) is 0 Å². The van der Waals surface area contributed by atoms with E-state index in [1.165, 1.54) is 49.6 Å². The number of methoxy groups -OCH3 is 1. The number of benzene rings is 2. The van der Waals surface area contributed by atoms with Crippen LogP contribution >= 0.6 is 11.6 Å². The summed E-state index contributed by atoms with van der Waals surface area (Å²) in [6.45, 7) is 0.613. The van der Waals surface area contributed by atoms with Crippen LogP contribution in [0.5, 0.6) is 0 Å². The van der Waals surface area contributed by atoms with Crippen molar-refractivity contribution < 1.29 is 27.5 Å². The third kappa shape index (κ3) is 6.62. The molecule has 0 radical (unpaired) electrons. The third-order valence-corrected chi connectivity index (χ3v) is 4.05. The highest BCUT2D eigenvalue weighted by molar-refractivity contribution is 6.34. The summed E-state index contributed by atoms with van der Waals surface area (Å²) in [6.07, 6.45) is -4.23. The minimum absolute atomic E-state index is 0.0424. The Balaban J connectivity index is 2.16. The van der Waals surface area contributed by atoms with E-state index in [9.17, 15) is 22.8 Å². The minimum Gasteiger partial charge on any atom is -0.383 e. The summed E-state index contributed by atoms with van der Waals surface area (Å²) < 4.78 is 44.8. The zero-order chi connectivity index (χ0) is 21.4. The van der Waals surface area contributed by atoms with E-state index in [0.717, 1.165) is 0 Å². The van der Waals surface area contributed by atoms with Gasteiger partial charge in [0.1, 0.15) is 0 Å². The number of hydrogen-bond acceptors (Lipinski definition) is 3. The van der Waals surface area contributed by atoms with Crippen molar-refractivity contribution in [1.29, 1.82) is 0 Å². The molecule has 2 aromatic rings. The molecule has 5 nitrogen and oxygen atoms in total. The maximum absolute atomic E-state index is 13.3. The molecule has 0 heterocycles. The summed E-state index contributed by atoms with van der Waals surface area (Å²) in [4.78, 5) is 24.1. The molecule has 0 atom stereocenters. The topological polar surface area (TPSA) is 67.4 Å². The Kier molecular flexibility index (Phi) is 7.81. The van der Waals surface area contributed by atoms with Gasteiger partial charge in [-0.3, -0.25) is 9.59 Å². The largest absolute Gasteiger partial charge is 0.417 e. The Morgan fingerprint density at radius 1 is 1.14 bits per heavy atom. The van der Waals surface area contributed by atoms with Crippen molar-refractivity contribution in [3.8, 4) is 0 Å². The average Bonchev–Trinajstić information content (AvgIpc) is 2.66. The molecule has 0 saturated carbocycles. The Bertz CT molecular complexity index is 900. The number of amides is 2. The standard InChI is InChI=1S/C20H18ClF3N2O3/c1-29-10-9-25-19(28)15-8-7-14(11-17(15)21)26-18(27)12-16(20(22,23)24)13-5-3-2-4-6-13/h2-8,11-12H,9-10H2,1H3,(H,25,28)(H,26,27)/b16-12-. The lowest BCUT2D eigenvalue weighted by Gasteiger charge is -2.12. The van der Waals surface area contributed by atoms with Crippen LogP contribution in [0.15, 0.2) is 54.6 Å².